The molecule has 144 valence electrons. The van der Waals surface area contributed by atoms with Crippen LogP contribution in [0.2, 0.25) is 0 Å². The summed E-state index contributed by atoms with van der Waals surface area (Å²) in [7, 11) is 0. The number of imide groups is 1. The molecule has 27 heavy (non-hydrogen) atoms. The van der Waals surface area contributed by atoms with E-state index in [-0.39, 0.29) is 42.5 Å². The van der Waals surface area contributed by atoms with Crippen molar-refractivity contribution < 1.29 is 14.4 Å². The van der Waals surface area contributed by atoms with Gasteiger partial charge in [0.1, 0.15) is 5.01 Å². The minimum atomic E-state index is -0.244. The molecule has 0 spiro atoms. The molecule has 1 aromatic rings. The Bertz CT molecular complexity index is 743. The van der Waals surface area contributed by atoms with Crippen LogP contribution in [0.4, 0.5) is 5.13 Å². The van der Waals surface area contributed by atoms with Gasteiger partial charge in [-0.05, 0) is 25.7 Å². The van der Waals surface area contributed by atoms with Gasteiger partial charge in [-0.2, -0.15) is 0 Å². The van der Waals surface area contributed by atoms with Crippen molar-refractivity contribution in [3.8, 4) is 0 Å². The van der Waals surface area contributed by atoms with Gasteiger partial charge < -0.3 is 5.32 Å². The smallest absolute Gasteiger partial charge is 0.233 e. The van der Waals surface area contributed by atoms with Gasteiger partial charge in [0.05, 0.1) is 11.8 Å². The van der Waals surface area contributed by atoms with Gasteiger partial charge in [0, 0.05) is 18.9 Å². The lowest BCUT2D eigenvalue weighted by Crippen LogP contribution is -2.34. The predicted molar refractivity (Wildman–Crippen MR) is 101 cm³/mol. The lowest BCUT2D eigenvalue weighted by molar-refractivity contribution is -0.140. The van der Waals surface area contributed by atoms with Crippen LogP contribution in [0.1, 0.15) is 62.3 Å². The molecule has 2 atom stereocenters. The Balaban J connectivity index is 1.29. The van der Waals surface area contributed by atoms with Crippen molar-refractivity contribution in [2.24, 2.45) is 11.8 Å². The van der Waals surface area contributed by atoms with E-state index in [1.807, 2.05) is 12.2 Å². The average molecular weight is 388 g/mol. The fourth-order valence-electron chi connectivity index (χ4n) is 4.28. The third kappa shape index (κ3) is 3.81. The van der Waals surface area contributed by atoms with E-state index in [1.54, 1.807) is 0 Å². The first-order chi connectivity index (χ1) is 13.1. The van der Waals surface area contributed by atoms with Crippen LogP contribution in [-0.2, 0) is 14.4 Å². The van der Waals surface area contributed by atoms with Gasteiger partial charge in [-0.3, -0.25) is 19.3 Å². The van der Waals surface area contributed by atoms with Gasteiger partial charge in [-0.25, -0.2) is 0 Å². The molecule has 1 aliphatic heterocycles. The predicted octanol–water partition coefficient (Wildman–Crippen LogP) is 2.87. The highest BCUT2D eigenvalue weighted by molar-refractivity contribution is 7.15. The van der Waals surface area contributed by atoms with E-state index in [1.165, 1.54) is 35.5 Å². The van der Waals surface area contributed by atoms with Crippen LogP contribution in [0.3, 0.4) is 0 Å². The first-order valence-electron chi connectivity index (χ1n) is 9.77. The van der Waals surface area contributed by atoms with E-state index in [9.17, 15) is 14.4 Å². The second kappa shape index (κ2) is 7.88. The fraction of sp³-hybridized carbons (Fsp3) is 0.632. The number of amides is 3. The number of hydrogen-bond acceptors (Lipinski definition) is 6. The largest absolute Gasteiger partial charge is 0.300 e. The Morgan fingerprint density at radius 3 is 2.41 bits per heavy atom. The van der Waals surface area contributed by atoms with Crippen LogP contribution in [-0.4, -0.2) is 39.4 Å². The van der Waals surface area contributed by atoms with Crippen LogP contribution in [0.5, 0.6) is 0 Å². The summed E-state index contributed by atoms with van der Waals surface area (Å²) in [6.45, 7) is 0.130. The Kier molecular flexibility index (Phi) is 5.33. The summed E-state index contributed by atoms with van der Waals surface area (Å²) in [6, 6.07) is 0. The Morgan fingerprint density at radius 2 is 1.74 bits per heavy atom. The number of nitrogens with one attached hydrogen (secondary N) is 1. The summed E-state index contributed by atoms with van der Waals surface area (Å²) >= 11 is 1.43. The molecule has 4 rings (SSSR count). The minimum Gasteiger partial charge on any atom is -0.300 e. The van der Waals surface area contributed by atoms with Crippen LogP contribution >= 0.6 is 11.3 Å². The summed E-state index contributed by atoms with van der Waals surface area (Å²) < 4.78 is 0. The maximum absolute atomic E-state index is 12.4. The molecule has 1 saturated carbocycles. The van der Waals surface area contributed by atoms with Crippen molar-refractivity contribution in [2.75, 3.05) is 11.9 Å². The van der Waals surface area contributed by atoms with E-state index < -0.39 is 0 Å². The highest BCUT2D eigenvalue weighted by Gasteiger charge is 2.46. The zero-order valence-electron chi connectivity index (χ0n) is 15.2. The zero-order valence-corrected chi connectivity index (χ0v) is 16.0. The number of nitrogens with zero attached hydrogens (tertiary/aromatic N) is 3. The third-order valence-corrected chi connectivity index (χ3v) is 6.80. The highest BCUT2D eigenvalue weighted by Crippen LogP contribution is 2.36. The summed E-state index contributed by atoms with van der Waals surface area (Å²) in [4.78, 5) is 38.3. The second-order valence-corrected chi connectivity index (χ2v) is 8.57. The van der Waals surface area contributed by atoms with Crippen LogP contribution in [0.15, 0.2) is 12.2 Å². The normalized spacial score (nSPS) is 25.7. The number of likely N-dealkylation sites (tertiary alicyclic amines) is 1. The van der Waals surface area contributed by atoms with Crippen molar-refractivity contribution in [3.63, 3.8) is 0 Å². The SMILES string of the molecule is O=C(CCN1C(=O)[C@@H]2CC=CC[C@H]2C1=O)Nc1nnc(C2CCCCC2)s1. The third-order valence-electron chi connectivity index (χ3n) is 5.80. The molecule has 2 aliphatic carbocycles. The molecule has 0 radical (unpaired) electrons. The highest BCUT2D eigenvalue weighted by atomic mass is 32.1. The van der Waals surface area contributed by atoms with Crippen molar-refractivity contribution in [3.05, 3.63) is 17.2 Å². The molecule has 3 aliphatic rings. The Labute approximate surface area is 162 Å². The summed E-state index contributed by atoms with van der Waals surface area (Å²) in [6.07, 6.45) is 11.2. The van der Waals surface area contributed by atoms with Crippen molar-refractivity contribution >= 4 is 34.2 Å². The molecule has 1 saturated heterocycles. The number of carbonyl (C=O) groups is 3. The molecule has 2 fully saturated rings. The van der Waals surface area contributed by atoms with Gasteiger partial charge >= 0.3 is 0 Å². The fourth-order valence-corrected chi connectivity index (χ4v) is 5.21. The van der Waals surface area contributed by atoms with E-state index in [2.05, 4.69) is 15.5 Å². The van der Waals surface area contributed by atoms with E-state index >= 15 is 0 Å². The topological polar surface area (TPSA) is 92.3 Å². The van der Waals surface area contributed by atoms with Crippen molar-refractivity contribution in [1.82, 2.24) is 15.1 Å². The monoisotopic (exact) mass is 388 g/mol. The minimum absolute atomic E-state index is 0.0860. The maximum Gasteiger partial charge on any atom is 0.233 e. The lowest BCUT2D eigenvalue weighted by Gasteiger charge is -2.18. The van der Waals surface area contributed by atoms with E-state index in [4.69, 9.17) is 0 Å². The van der Waals surface area contributed by atoms with Gasteiger partial charge in [-0.1, -0.05) is 42.8 Å². The second-order valence-electron chi connectivity index (χ2n) is 7.56. The molecule has 8 heteroatoms. The summed E-state index contributed by atoms with van der Waals surface area (Å²) in [5.74, 6) is -0.553. The first-order valence-corrected chi connectivity index (χ1v) is 10.6. The molecule has 1 aromatic heterocycles. The quantitative estimate of drug-likeness (QED) is 0.618. The van der Waals surface area contributed by atoms with Gasteiger partial charge in [0.15, 0.2) is 0 Å². The Morgan fingerprint density at radius 1 is 1.07 bits per heavy atom. The molecular formula is C19H24N4O3S. The lowest BCUT2D eigenvalue weighted by atomic mass is 9.85. The van der Waals surface area contributed by atoms with Gasteiger partial charge in [0.2, 0.25) is 22.9 Å². The van der Waals surface area contributed by atoms with Crippen molar-refractivity contribution in [2.45, 2.75) is 57.3 Å². The van der Waals surface area contributed by atoms with Crippen LogP contribution in [0.25, 0.3) is 0 Å². The molecule has 0 unspecified atom stereocenters. The maximum atomic E-state index is 12.4. The molecule has 2 heterocycles. The van der Waals surface area contributed by atoms with Crippen molar-refractivity contribution in [1.29, 1.82) is 0 Å². The molecule has 3 amide bonds. The van der Waals surface area contributed by atoms with Gasteiger partial charge in [-0.15, -0.1) is 10.2 Å². The molecule has 0 bridgehead atoms. The number of aromatic nitrogens is 2. The molecule has 1 N–H and O–H groups in total. The first kappa shape index (κ1) is 18.3. The number of hydrogen-bond donors (Lipinski definition) is 1. The molecule has 7 nitrogen and oxygen atoms in total. The van der Waals surface area contributed by atoms with E-state index in [0.29, 0.717) is 23.9 Å². The number of carbonyl (C=O) groups excluding carboxylic acids is 3. The molecule has 0 aromatic carbocycles. The average Bonchev–Trinajstić information content (AvgIpc) is 3.25. The standard InChI is InChI=1S/C19H24N4O3S/c24-15(20-19-22-21-16(27-19)12-6-2-1-3-7-12)10-11-23-17(25)13-8-4-5-9-14(13)18(23)26/h4-5,12-14H,1-3,6-11H2,(H,20,22,24)/t13-,14-/m1/s1. The summed E-state index contributed by atoms with van der Waals surface area (Å²) in [5.41, 5.74) is 0. The van der Waals surface area contributed by atoms with Crippen LogP contribution in [0, 0.1) is 11.8 Å². The van der Waals surface area contributed by atoms with E-state index in [0.717, 1.165) is 17.8 Å². The summed E-state index contributed by atoms with van der Waals surface area (Å²) in [5, 5.41) is 12.6. The Hall–Kier alpha value is -2.09. The number of allylic oxidation sites excluding steroid dienone is 2. The molecular weight excluding hydrogens is 364 g/mol. The zero-order chi connectivity index (χ0) is 18.8. The van der Waals surface area contributed by atoms with Crippen LogP contribution < -0.4 is 5.32 Å². The number of anilines is 1. The van der Waals surface area contributed by atoms with Gasteiger partial charge in [0.25, 0.3) is 0 Å². The number of rotatable bonds is 5. The number of fused-ring (bicyclic) bond motifs is 1.